The SMILES string of the molecule is CON=C(C#N)C(=O)NCCC1CC(=O)C(c2c(C)cc(-n3cc(Cl)cn3)cc2C)C1=O. The minimum Gasteiger partial charge on any atom is -0.398 e. The highest BCUT2D eigenvalue weighted by molar-refractivity contribution is 6.45. The number of carbonyl (C=O) groups excluding carboxylic acids is 3. The van der Waals surface area contributed by atoms with Gasteiger partial charge in [0.2, 0.25) is 5.71 Å². The van der Waals surface area contributed by atoms with Crippen molar-refractivity contribution in [1.82, 2.24) is 15.1 Å². The normalized spacial score (nSPS) is 18.5. The summed E-state index contributed by atoms with van der Waals surface area (Å²) in [5, 5.41) is 19.5. The molecule has 166 valence electrons. The van der Waals surface area contributed by atoms with E-state index in [0.29, 0.717) is 17.0 Å². The maximum atomic E-state index is 13.1. The van der Waals surface area contributed by atoms with E-state index in [1.807, 2.05) is 26.0 Å². The molecule has 2 unspecified atom stereocenters. The third-order valence-electron chi connectivity index (χ3n) is 5.42. The van der Waals surface area contributed by atoms with Crippen molar-refractivity contribution in [3.8, 4) is 11.8 Å². The lowest BCUT2D eigenvalue weighted by molar-refractivity contribution is -0.125. The van der Waals surface area contributed by atoms with Gasteiger partial charge in [0, 0.05) is 25.1 Å². The molecule has 0 saturated heterocycles. The predicted octanol–water partition coefficient (Wildman–Crippen LogP) is 2.42. The fourth-order valence-corrected chi connectivity index (χ4v) is 4.17. The van der Waals surface area contributed by atoms with Crippen LogP contribution in [0.1, 0.15) is 35.4 Å². The molecule has 1 N–H and O–H groups in total. The van der Waals surface area contributed by atoms with E-state index in [1.165, 1.54) is 13.3 Å². The third kappa shape index (κ3) is 4.70. The first kappa shape index (κ1) is 23.2. The molecular formula is C22H22ClN5O4. The van der Waals surface area contributed by atoms with Gasteiger partial charge in [0.1, 0.15) is 24.9 Å². The summed E-state index contributed by atoms with van der Waals surface area (Å²) in [4.78, 5) is 42.2. The molecule has 1 amide bonds. The van der Waals surface area contributed by atoms with Gasteiger partial charge in [-0.3, -0.25) is 14.4 Å². The number of carbonyl (C=O) groups is 3. The largest absolute Gasteiger partial charge is 0.398 e. The average Bonchev–Trinajstić information content (AvgIpc) is 3.29. The Kier molecular flexibility index (Phi) is 7.05. The number of nitrogens with one attached hydrogen (secondary N) is 1. The quantitative estimate of drug-likeness (QED) is 0.388. The monoisotopic (exact) mass is 455 g/mol. The number of Topliss-reactive ketones (excluding diaryl/α,β-unsaturated/α-hetero) is 2. The first-order chi connectivity index (χ1) is 15.3. The maximum absolute atomic E-state index is 13.1. The lowest BCUT2D eigenvalue weighted by Crippen LogP contribution is -2.32. The maximum Gasteiger partial charge on any atom is 0.284 e. The number of halogens is 1. The van der Waals surface area contributed by atoms with Crippen molar-refractivity contribution < 1.29 is 19.2 Å². The van der Waals surface area contributed by atoms with Crippen LogP contribution in [-0.4, -0.2) is 46.6 Å². The van der Waals surface area contributed by atoms with E-state index in [9.17, 15) is 14.4 Å². The Morgan fingerprint density at radius 3 is 2.62 bits per heavy atom. The summed E-state index contributed by atoms with van der Waals surface area (Å²) in [6.45, 7) is 3.86. The van der Waals surface area contributed by atoms with Gasteiger partial charge < -0.3 is 10.2 Å². The summed E-state index contributed by atoms with van der Waals surface area (Å²) in [6, 6.07) is 5.38. The number of nitrogens with zero attached hydrogens (tertiary/aromatic N) is 4. The standard InChI is InChI=1S/C22H22ClN5O4/c1-12-6-16(28-11-15(23)10-26-28)7-13(2)19(12)20-18(29)8-14(21(20)30)4-5-25-22(31)17(9-24)27-32-3/h6-7,10-11,14,20H,4-5,8H2,1-3H3,(H,25,31). The molecular weight excluding hydrogens is 434 g/mol. The number of hydrogen-bond donors (Lipinski definition) is 1. The number of ketones is 2. The molecule has 1 fully saturated rings. The fourth-order valence-electron chi connectivity index (χ4n) is 4.03. The van der Waals surface area contributed by atoms with Gasteiger partial charge in [-0.1, -0.05) is 16.8 Å². The lowest BCUT2D eigenvalue weighted by atomic mass is 9.87. The van der Waals surface area contributed by atoms with Crippen LogP contribution in [0, 0.1) is 31.1 Å². The number of aryl methyl sites for hydroxylation is 2. The molecule has 0 bridgehead atoms. The van der Waals surface area contributed by atoms with Gasteiger partial charge in [-0.25, -0.2) is 4.68 Å². The van der Waals surface area contributed by atoms with Crippen molar-refractivity contribution in [3.05, 3.63) is 46.2 Å². The zero-order valence-corrected chi connectivity index (χ0v) is 18.6. The van der Waals surface area contributed by atoms with Gasteiger partial charge in [-0.15, -0.1) is 0 Å². The van der Waals surface area contributed by atoms with Gasteiger partial charge in [-0.2, -0.15) is 10.4 Å². The smallest absolute Gasteiger partial charge is 0.284 e. The molecule has 10 heteroatoms. The number of amides is 1. The molecule has 1 aliphatic carbocycles. The molecule has 1 aromatic heterocycles. The van der Waals surface area contributed by atoms with E-state index in [4.69, 9.17) is 16.9 Å². The summed E-state index contributed by atoms with van der Waals surface area (Å²) >= 11 is 5.95. The van der Waals surface area contributed by atoms with Crippen molar-refractivity contribution in [2.75, 3.05) is 13.7 Å². The molecule has 32 heavy (non-hydrogen) atoms. The van der Waals surface area contributed by atoms with E-state index in [2.05, 4.69) is 20.4 Å². The van der Waals surface area contributed by atoms with Crippen LogP contribution >= 0.6 is 11.6 Å². The second-order valence-corrected chi connectivity index (χ2v) is 8.01. The van der Waals surface area contributed by atoms with Crippen molar-refractivity contribution in [2.45, 2.75) is 32.6 Å². The molecule has 1 aromatic carbocycles. The Labute approximate surface area is 190 Å². The van der Waals surface area contributed by atoms with E-state index >= 15 is 0 Å². The van der Waals surface area contributed by atoms with Crippen molar-refractivity contribution in [3.63, 3.8) is 0 Å². The molecule has 0 radical (unpaired) electrons. The van der Waals surface area contributed by atoms with Crippen molar-refractivity contribution in [1.29, 1.82) is 5.26 Å². The molecule has 9 nitrogen and oxygen atoms in total. The Bertz CT molecular complexity index is 1120. The summed E-state index contributed by atoms with van der Waals surface area (Å²) in [5.41, 5.74) is 2.73. The van der Waals surface area contributed by atoms with Crippen LogP contribution in [0.5, 0.6) is 0 Å². The Morgan fingerprint density at radius 2 is 2.06 bits per heavy atom. The molecule has 3 rings (SSSR count). The molecule has 2 atom stereocenters. The van der Waals surface area contributed by atoms with E-state index in [-0.39, 0.29) is 24.5 Å². The van der Waals surface area contributed by atoms with Gasteiger partial charge in [-0.05, 0) is 49.1 Å². The molecule has 1 saturated carbocycles. The number of hydrogen-bond acceptors (Lipinski definition) is 7. The predicted molar refractivity (Wildman–Crippen MR) is 117 cm³/mol. The minimum absolute atomic E-state index is 0.117. The Balaban J connectivity index is 1.73. The molecule has 0 spiro atoms. The van der Waals surface area contributed by atoms with E-state index < -0.39 is 23.5 Å². The zero-order chi connectivity index (χ0) is 23.4. The van der Waals surface area contributed by atoms with Gasteiger partial charge in [0.15, 0.2) is 5.78 Å². The van der Waals surface area contributed by atoms with Gasteiger partial charge in [0.25, 0.3) is 5.91 Å². The average molecular weight is 456 g/mol. The first-order valence-corrected chi connectivity index (χ1v) is 10.3. The number of oxime groups is 1. The van der Waals surface area contributed by atoms with Gasteiger partial charge >= 0.3 is 0 Å². The number of benzene rings is 1. The topological polar surface area (TPSA) is 126 Å². The van der Waals surface area contributed by atoms with Crippen LogP contribution < -0.4 is 5.32 Å². The van der Waals surface area contributed by atoms with E-state index in [1.54, 1.807) is 16.9 Å². The van der Waals surface area contributed by atoms with Gasteiger partial charge in [0.05, 0.1) is 16.9 Å². The summed E-state index contributed by atoms with van der Waals surface area (Å²) in [7, 11) is 1.23. The second-order valence-electron chi connectivity index (χ2n) is 7.58. The number of nitriles is 1. The molecule has 0 aliphatic heterocycles. The highest BCUT2D eigenvalue weighted by Gasteiger charge is 2.42. The Hall–Kier alpha value is -3.51. The second kappa shape index (κ2) is 9.75. The lowest BCUT2D eigenvalue weighted by Gasteiger charge is -2.17. The molecule has 2 aromatic rings. The van der Waals surface area contributed by atoms with Crippen LogP contribution in [0.2, 0.25) is 5.02 Å². The van der Waals surface area contributed by atoms with Crippen LogP contribution in [-0.2, 0) is 19.2 Å². The van der Waals surface area contributed by atoms with E-state index in [0.717, 1.165) is 16.8 Å². The summed E-state index contributed by atoms with van der Waals surface area (Å²) in [6.07, 6.45) is 3.63. The zero-order valence-electron chi connectivity index (χ0n) is 17.9. The van der Waals surface area contributed by atoms with Crippen molar-refractivity contribution in [2.24, 2.45) is 11.1 Å². The Morgan fingerprint density at radius 1 is 1.38 bits per heavy atom. The molecule has 1 aliphatic rings. The highest BCUT2D eigenvalue weighted by Crippen LogP contribution is 2.37. The van der Waals surface area contributed by atoms with Crippen LogP contribution in [0.4, 0.5) is 0 Å². The van der Waals surface area contributed by atoms with Crippen LogP contribution in [0.15, 0.2) is 29.7 Å². The number of aromatic nitrogens is 2. The highest BCUT2D eigenvalue weighted by atomic mass is 35.5. The van der Waals surface area contributed by atoms with Crippen molar-refractivity contribution >= 4 is 34.8 Å². The van der Waals surface area contributed by atoms with Crippen LogP contribution in [0.3, 0.4) is 0 Å². The summed E-state index contributed by atoms with van der Waals surface area (Å²) < 4.78 is 1.64. The summed E-state index contributed by atoms with van der Waals surface area (Å²) in [5.74, 6) is -2.30. The first-order valence-electron chi connectivity index (χ1n) is 9.94. The fraction of sp³-hybridized carbons (Fsp3) is 0.364. The van der Waals surface area contributed by atoms with Crippen LogP contribution in [0.25, 0.3) is 5.69 Å². The minimum atomic E-state index is -0.823. The number of rotatable bonds is 7. The molecule has 1 heterocycles. The third-order valence-corrected chi connectivity index (χ3v) is 5.62.